The molecular formula is C15H11NO2S. The summed E-state index contributed by atoms with van der Waals surface area (Å²) >= 11 is 1.71. The fourth-order valence-corrected chi connectivity index (χ4v) is 3.02. The largest absolute Gasteiger partial charge is 0.454 e. The van der Waals surface area contributed by atoms with Crippen LogP contribution in [0.3, 0.4) is 0 Å². The van der Waals surface area contributed by atoms with E-state index in [2.05, 4.69) is 21.8 Å². The van der Waals surface area contributed by atoms with Crippen LogP contribution in [0.1, 0.15) is 11.3 Å². The first-order valence-corrected chi connectivity index (χ1v) is 7.03. The molecule has 94 valence electrons. The summed E-state index contributed by atoms with van der Waals surface area (Å²) in [6.45, 7) is 0.305. The number of thiophene rings is 1. The monoisotopic (exact) mass is 269 g/mol. The highest BCUT2D eigenvalue weighted by molar-refractivity contribution is 7.07. The number of ether oxygens (including phenoxy) is 2. The van der Waals surface area contributed by atoms with Crippen LogP contribution in [0.2, 0.25) is 0 Å². The van der Waals surface area contributed by atoms with Gasteiger partial charge in [-0.15, -0.1) is 0 Å². The van der Waals surface area contributed by atoms with Crippen LogP contribution >= 0.6 is 11.3 Å². The molecule has 0 atom stereocenters. The molecule has 4 rings (SSSR count). The zero-order chi connectivity index (χ0) is 12.7. The molecule has 0 aliphatic carbocycles. The van der Waals surface area contributed by atoms with Crippen LogP contribution in [0.5, 0.6) is 11.5 Å². The van der Waals surface area contributed by atoms with Gasteiger partial charge in [0.2, 0.25) is 6.79 Å². The Kier molecular flexibility index (Phi) is 2.42. The minimum absolute atomic E-state index is 0.305. The van der Waals surface area contributed by atoms with E-state index in [1.807, 2.05) is 24.4 Å². The van der Waals surface area contributed by atoms with Crippen molar-refractivity contribution in [2.75, 3.05) is 6.79 Å². The van der Waals surface area contributed by atoms with Crippen LogP contribution < -0.4 is 9.47 Å². The number of hydrogen-bond acceptors (Lipinski definition) is 4. The van der Waals surface area contributed by atoms with E-state index in [0.29, 0.717) is 6.79 Å². The van der Waals surface area contributed by atoms with Gasteiger partial charge in [-0.05, 0) is 46.0 Å². The molecule has 0 N–H and O–H groups in total. The Morgan fingerprint density at radius 1 is 1.16 bits per heavy atom. The highest BCUT2D eigenvalue weighted by Gasteiger charge is 2.15. The van der Waals surface area contributed by atoms with E-state index in [1.54, 1.807) is 11.3 Å². The zero-order valence-corrected chi connectivity index (χ0v) is 10.9. The molecule has 19 heavy (non-hydrogen) atoms. The lowest BCUT2D eigenvalue weighted by molar-refractivity contribution is 0.174. The van der Waals surface area contributed by atoms with E-state index in [-0.39, 0.29) is 0 Å². The summed E-state index contributed by atoms with van der Waals surface area (Å²) in [7, 11) is 0. The van der Waals surface area contributed by atoms with E-state index in [1.165, 1.54) is 5.56 Å². The topological polar surface area (TPSA) is 31.4 Å². The molecule has 1 aromatic carbocycles. The lowest BCUT2D eigenvalue weighted by atomic mass is 10.0. The number of aromatic nitrogens is 1. The molecule has 0 amide bonds. The highest BCUT2D eigenvalue weighted by Crippen LogP contribution is 2.37. The van der Waals surface area contributed by atoms with Crippen LogP contribution in [-0.4, -0.2) is 11.8 Å². The normalized spacial score (nSPS) is 13.1. The molecular weight excluding hydrogens is 258 g/mol. The van der Waals surface area contributed by atoms with Crippen LogP contribution in [0.25, 0.3) is 10.8 Å². The van der Waals surface area contributed by atoms with Crippen molar-refractivity contribution in [2.24, 2.45) is 0 Å². The Hall–Kier alpha value is -2.07. The predicted molar refractivity (Wildman–Crippen MR) is 75.0 cm³/mol. The third kappa shape index (κ3) is 1.85. The summed E-state index contributed by atoms with van der Waals surface area (Å²) in [4.78, 5) is 4.52. The Morgan fingerprint density at radius 3 is 2.89 bits per heavy atom. The number of rotatable bonds is 2. The first-order chi connectivity index (χ1) is 9.40. The summed E-state index contributed by atoms with van der Waals surface area (Å²) in [5.74, 6) is 1.63. The fraction of sp³-hybridized carbons (Fsp3) is 0.133. The molecule has 0 radical (unpaired) electrons. The zero-order valence-electron chi connectivity index (χ0n) is 10.1. The lowest BCUT2D eigenvalue weighted by Crippen LogP contribution is -1.93. The smallest absolute Gasteiger partial charge is 0.231 e. The second-order valence-corrected chi connectivity index (χ2v) is 5.27. The highest BCUT2D eigenvalue weighted by atomic mass is 32.1. The maximum Gasteiger partial charge on any atom is 0.231 e. The first kappa shape index (κ1) is 10.8. The molecule has 0 saturated heterocycles. The van der Waals surface area contributed by atoms with Crippen LogP contribution in [0, 0.1) is 0 Å². The van der Waals surface area contributed by atoms with Gasteiger partial charge in [0.1, 0.15) is 0 Å². The summed E-state index contributed by atoms with van der Waals surface area (Å²) in [6.07, 6.45) is 2.70. The van der Waals surface area contributed by atoms with Crippen molar-refractivity contribution in [1.82, 2.24) is 4.98 Å². The summed E-state index contributed by atoms with van der Waals surface area (Å²) in [5, 5.41) is 6.53. The van der Waals surface area contributed by atoms with Crippen molar-refractivity contribution in [2.45, 2.75) is 6.42 Å². The third-order valence-corrected chi connectivity index (χ3v) is 4.02. The van der Waals surface area contributed by atoms with Gasteiger partial charge in [-0.25, -0.2) is 0 Å². The molecule has 0 unspecified atom stereocenters. The van der Waals surface area contributed by atoms with Crippen molar-refractivity contribution in [3.63, 3.8) is 0 Å². The molecule has 1 aliphatic heterocycles. The molecule has 0 fully saturated rings. The average Bonchev–Trinajstić information content (AvgIpc) is 3.07. The minimum Gasteiger partial charge on any atom is -0.454 e. The van der Waals surface area contributed by atoms with E-state index in [4.69, 9.17) is 9.47 Å². The van der Waals surface area contributed by atoms with Crippen molar-refractivity contribution in [3.05, 3.63) is 52.5 Å². The van der Waals surface area contributed by atoms with Gasteiger partial charge >= 0.3 is 0 Å². The number of benzene rings is 1. The van der Waals surface area contributed by atoms with Gasteiger partial charge in [-0.1, -0.05) is 0 Å². The summed E-state index contributed by atoms with van der Waals surface area (Å²) in [5.41, 5.74) is 2.37. The van der Waals surface area contributed by atoms with E-state index in [9.17, 15) is 0 Å². The third-order valence-electron chi connectivity index (χ3n) is 3.29. The van der Waals surface area contributed by atoms with E-state index < -0.39 is 0 Å². The molecule has 2 aromatic heterocycles. The molecule has 0 bridgehead atoms. The Bertz CT molecular complexity index is 737. The second kappa shape index (κ2) is 4.24. The molecule has 3 nitrogen and oxygen atoms in total. The van der Waals surface area contributed by atoms with Gasteiger partial charge in [0.25, 0.3) is 0 Å². The number of fused-ring (bicyclic) bond motifs is 2. The van der Waals surface area contributed by atoms with Crippen LogP contribution in [-0.2, 0) is 6.42 Å². The van der Waals surface area contributed by atoms with Gasteiger partial charge < -0.3 is 9.47 Å². The Morgan fingerprint density at radius 2 is 2.05 bits per heavy atom. The van der Waals surface area contributed by atoms with E-state index >= 15 is 0 Å². The van der Waals surface area contributed by atoms with Gasteiger partial charge in [-0.3, -0.25) is 4.98 Å². The Balaban J connectivity index is 1.86. The maximum atomic E-state index is 5.45. The van der Waals surface area contributed by atoms with Gasteiger partial charge in [-0.2, -0.15) is 11.3 Å². The second-order valence-electron chi connectivity index (χ2n) is 4.49. The number of hydrogen-bond donors (Lipinski definition) is 0. The van der Waals surface area contributed by atoms with Crippen molar-refractivity contribution in [1.29, 1.82) is 0 Å². The molecule has 3 heterocycles. The lowest BCUT2D eigenvalue weighted by Gasteiger charge is -2.06. The summed E-state index contributed by atoms with van der Waals surface area (Å²) < 4.78 is 10.9. The Labute approximate surface area is 114 Å². The van der Waals surface area contributed by atoms with Crippen LogP contribution in [0.15, 0.2) is 41.2 Å². The molecule has 1 aliphatic rings. The first-order valence-electron chi connectivity index (χ1n) is 6.08. The SMILES string of the molecule is c1cc2cc3c(cc2c(Cc2ccsc2)n1)OCO3. The van der Waals surface area contributed by atoms with Gasteiger partial charge in [0, 0.05) is 18.0 Å². The van der Waals surface area contributed by atoms with Crippen molar-refractivity contribution in [3.8, 4) is 11.5 Å². The maximum absolute atomic E-state index is 5.45. The van der Waals surface area contributed by atoms with Crippen molar-refractivity contribution >= 4 is 22.1 Å². The molecule has 3 aromatic rings. The number of pyridine rings is 1. The predicted octanol–water partition coefficient (Wildman–Crippen LogP) is 3.62. The number of nitrogens with zero attached hydrogens (tertiary/aromatic N) is 1. The fourth-order valence-electron chi connectivity index (χ4n) is 2.35. The minimum atomic E-state index is 0.305. The molecule has 4 heteroatoms. The van der Waals surface area contributed by atoms with E-state index in [0.717, 1.165) is 34.4 Å². The van der Waals surface area contributed by atoms with Crippen LogP contribution in [0.4, 0.5) is 0 Å². The molecule has 0 spiro atoms. The standard InChI is InChI=1S/C15H11NO2S/c1-3-16-13(5-10-2-4-19-8-10)12-7-15-14(6-11(1)12)17-9-18-15/h1-4,6-8H,5,9H2. The van der Waals surface area contributed by atoms with Crippen molar-refractivity contribution < 1.29 is 9.47 Å². The molecule has 0 saturated carbocycles. The van der Waals surface area contributed by atoms with Gasteiger partial charge in [0.05, 0.1) is 5.69 Å². The van der Waals surface area contributed by atoms with Gasteiger partial charge in [0.15, 0.2) is 11.5 Å². The summed E-state index contributed by atoms with van der Waals surface area (Å²) in [6, 6.07) is 8.20. The average molecular weight is 269 g/mol. The quantitative estimate of drug-likeness (QED) is 0.712.